The summed E-state index contributed by atoms with van der Waals surface area (Å²) in [6.07, 6.45) is 9.19. The largest absolute Gasteiger partial charge is 0.314 e. The first kappa shape index (κ1) is 10.4. The highest BCUT2D eigenvalue weighted by Crippen LogP contribution is 2.35. The maximum absolute atomic E-state index is 14.3. The lowest BCUT2D eigenvalue weighted by atomic mass is 9.79. The van der Waals surface area contributed by atoms with Gasteiger partial charge in [0, 0.05) is 6.54 Å². The molecule has 0 aromatic rings. The van der Waals surface area contributed by atoms with E-state index in [0.717, 1.165) is 25.8 Å². The molecule has 2 aliphatic rings. The van der Waals surface area contributed by atoms with Crippen LogP contribution >= 0.6 is 0 Å². The van der Waals surface area contributed by atoms with Gasteiger partial charge in [0.25, 0.3) is 0 Å². The number of hydrogen-bond donors (Lipinski definition) is 1. The van der Waals surface area contributed by atoms with Gasteiger partial charge < -0.3 is 5.32 Å². The van der Waals surface area contributed by atoms with Crippen LogP contribution in [0, 0.1) is 5.92 Å². The molecule has 0 aromatic carbocycles. The molecule has 1 aliphatic carbocycles. The maximum Gasteiger partial charge on any atom is 0.123 e. The zero-order valence-electron chi connectivity index (χ0n) is 9.03. The average molecular weight is 199 g/mol. The van der Waals surface area contributed by atoms with Gasteiger partial charge in [-0.15, -0.1) is 0 Å². The van der Waals surface area contributed by atoms with Crippen molar-refractivity contribution >= 4 is 0 Å². The van der Waals surface area contributed by atoms with Crippen LogP contribution in [0.1, 0.15) is 51.4 Å². The highest BCUT2D eigenvalue weighted by molar-refractivity contribution is 4.88. The fourth-order valence-corrected chi connectivity index (χ4v) is 3.01. The number of rotatable bonds is 2. The minimum Gasteiger partial charge on any atom is -0.314 e. The van der Waals surface area contributed by atoms with Crippen molar-refractivity contribution in [2.75, 3.05) is 13.1 Å². The van der Waals surface area contributed by atoms with Gasteiger partial charge in [0.1, 0.15) is 5.67 Å². The third-order valence-corrected chi connectivity index (χ3v) is 3.80. The van der Waals surface area contributed by atoms with Crippen LogP contribution in [0.3, 0.4) is 0 Å². The summed E-state index contributed by atoms with van der Waals surface area (Å²) < 4.78 is 14.3. The molecule has 2 heteroatoms. The van der Waals surface area contributed by atoms with Gasteiger partial charge in [-0.05, 0) is 31.7 Å². The Bertz CT molecular complexity index is 169. The van der Waals surface area contributed by atoms with E-state index in [1.165, 1.54) is 32.1 Å². The Labute approximate surface area is 86.5 Å². The third kappa shape index (κ3) is 2.69. The summed E-state index contributed by atoms with van der Waals surface area (Å²) in [4.78, 5) is 0. The molecule has 1 aliphatic heterocycles. The van der Waals surface area contributed by atoms with Gasteiger partial charge in [0.05, 0.1) is 0 Å². The normalized spacial score (nSPS) is 35.8. The fourth-order valence-electron chi connectivity index (χ4n) is 3.01. The van der Waals surface area contributed by atoms with Crippen LogP contribution in [0.15, 0.2) is 0 Å². The Morgan fingerprint density at radius 1 is 1.14 bits per heavy atom. The van der Waals surface area contributed by atoms with Crippen molar-refractivity contribution in [2.45, 2.75) is 57.0 Å². The molecule has 14 heavy (non-hydrogen) atoms. The molecule has 1 nitrogen and oxygen atoms in total. The Balaban J connectivity index is 1.81. The van der Waals surface area contributed by atoms with Crippen molar-refractivity contribution in [2.24, 2.45) is 5.92 Å². The van der Waals surface area contributed by atoms with Crippen LogP contribution in [-0.4, -0.2) is 18.8 Å². The van der Waals surface area contributed by atoms with E-state index in [1.54, 1.807) is 0 Å². The highest BCUT2D eigenvalue weighted by atomic mass is 19.1. The molecule has 1 heterocycles. The topological polar surface area (TPSA) is 12.0 Å². The second-order valence-corrected chi connectivity index (χ2v) is 5.14. The predicted octanol–water partition coefficient (Wildman–Crippen LogP) is 3.05. The maximum atomic E-state index is 14.3. The first-order valence-electron chi connectivity index (χ1n) is 6.18. The summed E-state index contributed by atoms with van der Waals surface area (Å²) >= 11 is 0. The van der Waals surface area contributed by atoms with Crippen LogP contribution in [0.5, 0.6) is 0 Å². The molecule has 1 saturated heterocycles. The zero-order chi connectivity index (χ0) is 9.86. The first-order valence-corrected chi connectivity index (χ1v) is 6.18. The monoisotopic (exact) mass is 199 g/mol. The molecule has 1 saturated carbocycles. The molecule has 1 atom stereocenters. The van der Waals surface area contributed by atoms with E-state index < -0.39 is 5.67 Å². The molecule has 1 N–H and O–H groups in total. The van der Waals surface area contributed by atoms with Gasteiger partial charge in [-0.3, -0.25) is 0 Å². The molecule has 2 fully saturated rings. The fraction of sp³-hybridized carbons (Fsp3) is 1.00. The number of nitrogens with one attached hydrogen (secondary N) is 1. The van der Waals surface area contributed by atoms with Crippen molar-refractivity contribution in [1.82, 2.24) is 5.32 Å². The van der Waals surface area contributed by atoms with Crippen LogP contribution in [0.25, 0.3) is 0 Å². The van der Waals surface area contributed by atoms with E-state index in [-0.39, 0.29) is 0 Å². The quantitative estimate of drug-likeness (QED) is 0.720. The third-order valence-electron chi connectivity index (χ3n) is 3.80. The van der Waals surface area contributed by atoms with Gasteiger partial charge in [0.15, 0.2) is 0 Å². The van der Waals surface area contributed by atoms with Gasteiger partial charge in [0.2, 0.25) is 0 Å². The summed E-state index contributed by atoms with van der Waals surface area (Å²) in [7, 11) is 0. The summed E-state index contributed by atoms with van der Waals surface area (Å²) in [5.41, 5.74) is -0.875. The van der Waals surface area contributed by atoms with E-state index in [2.05, 4.69) is 5.32 Å². The van der Waals surface area contributed by atoms with Crippen molar-refractivity contribution in [3.05, 3.63) is 0 Å². The average Bonchev–Trinajstić information content (AvgIpc) is 2.19. The lowest BCUT2D eigenvalue weighted by Gasteiger charge is -2.34. The molecule has 0 spiro atoms. The minimum atomic E-state index is -0.875. The lowest BCUT2D eigenvalue weighted by molar-refractivity contribution is 0.0799. The molecule has 0 bridgehead atoms. The lowest BCUT2D eigenvalue weighted by Crippen LogP contribution is -2.43. The number of halogens is 1. The number of hydrogen-bond acceptors (Lipinski definition) is 1. The first-order chi connectivity index (χ1) is 6.79. The number of piperidine rings is 1. The van der Waals surface area contributed by atoms with Crippen molar-refractivity contribution < 1.29 is 4.39 Å². The SMILES string of the molecule is FC1(CC2CCCCC2)CCCNC1. The van der Waals surface area contributed by atoms with Crippen molar-refractivity contribution in [3.63, 3.8) is 0 Å². The minimum absolute atomic E-state index is 0.601. The molecule has 82 valence electrons. The Kier molecular flexibility index (Phi) is 3.42. The zero-order valence-corrected chi connectivity index (χ0v) is 9.03. The highest BCUT2D eigenvalue weighted by Gasteiger charge is 2.34. The summed E-state index contributed by atoms with van der Waals surface area (Å²) in [6, 6.07) is 0. The second kappa shape index (κ2) is 4.61. The Morgan fingerprint density at radius 2 is 1.93 bits per heavy atom. The molecular weight excluding hydrogens is 177 g/mol. The Hall–Kier alpha value is -0.110. The Morgan fingerprint density at radius 3 is 2.57 bits per heavy atom. The predicted molar refractivity (Wildman–Crippen MR) is 57.1 cm³/mol. The standard InChI is InChI=1S/C12H22FN/c13-12(7-4-8-14-10-12)9-11-5-2-1-3-6-11/h11,14H,1-10H2. The van der Waals surface area contributed by atoms with Crippen molar-refractivity contribution in [3.8, 4) is 0 Å². The number of alkyl halides is 1. The van der Waals surface area contributed by atoms with E-state index in [9.17, 15) is 4.39 Å². The van der Waals surface area contributed by atoms with Crippen LogP contribution in [0.4, 0.5) is 4.39 Å². The van der Waals surface area contributed by atoms with Crippen molar-refractivity contribution in [1.29, 1.82) is 0 Å². The van der Waals surface area contributed by atoms with Gasteiger partial charge in [-0.25, -0.2) is 4.39 Å². The molecule has 1 unspecified atom stereocenters. The van der Waals surface area contributed by atoms with Gasteiger partial charge in [-0.2, -0.15) is 0 Å². The molecule has 0 aromatic heterocycles. The summed E-state index contributed by atoms with van der Waals surface area (Å²) in [5.74, 6) is 0.675. The molecule has 0 amide bonds. The summed E-state index contributed by atoms with van der Waals surface area (Å²) in [5, 5.41) is 3.19. The molecule has 0 radical (unpaired) electrons. The second-order valence-electron chi connectivity index (χ2n) is 5.14. The van der Waals surface area contributed by atoms with E-state index in [0.29, 0.717) is 12.5 Å². The molecule has 2 rings (SSSR count). The van der Waals surface area contributed by atoms with Gasteiger partial charge in [-0.1, -0.05) is 32.1 Å². The van der Waals surface area contributed by atoms with E-state index in [4.69, 9.17) is 0 Å². The van der Waals surface area contributed by atoms with Gasteiger partial charge >= 0.3 is 0 Å². The van der Waals surface area contributed by atoms with Crippen LogP contribution < -0.4 is 5.32 Å². The molecular formula is C12H22FN. The van der Waals surface area contributed by atoms with Crippen LogP contribution in [-0.2, 0) is 0 Å². The van der Waals surface area contributed by atoms with E-state index >= 15 is 0 Å². The van der Waals surface area contributed by atoms with Crippen LogP contribution in [0.2, 0.25) is 0 Å². The smallest absolute Gasteiger partial charge is 0.123 e. The summed E-state index contributed by atoms with van der Waals surface area (Å²) in [6.45, 7) is 1.61. The van der Waals surface area contributed by atoms with E-state index in [1.807, 2.05) is 0 Å².